The molecule has 0 bridgehead atoms. The van der Waals surface area contributed by atoms with E-state index in [0.29, 0.717) is 24.3 Å². The first-order valence-electron chi connectivity index (χ1n) is 10.3. The van der Waals surface area contributed by atoms with E-state index in [4.69, 9.17) is 30.7 Å². The Balaban J connectivity index is 1.78. The zero-order valence-corrected chi connectivity index (χ0v) is 18.8. The number of para-hydroxylation sites is 2. The Bertz CT molecular complexity index is 935. The van der Waals surface area contributed by atoms with Gasteiger partial charge >= 0.3 is 13.7 Å². The van der Waals surface area contributed by atoms with Crippen LogP contribution in [0, 0.1) is 0 Å². The number of hydrogen-bond acceptors (Lipinski definition) is 7. The SMILES string of the molecule is CCOC(=O)C1N(P(=O)(Oc2ccccc2)Oc2ccccc2)C(=S)OC12CCCC2. The zero-order valence-electron chi connectivity index (χ0n) is 17.1. The Morgan fingerprint density at radius 3 is 2.06 bits per heavy atom. The van der Waals surface area contributed by atoms with Crippen molar-refractivity contribution in [2.24, 2.45) is 0 Å². The van der Waals surface area contributed by atoms with Gasteiger partial charge in [-0.2, -0.15) is 0 Å². The summed E-state index contributed by atoms with van der Waals surface area (Å²) in [6, 6.07) is 16.2. The summed E-state index contributed by atoms with van der Waals surface area (Å²) in [4.78, 5) is 13.1. The molecule has 1 saturated heterocycles. The molecule has 0 aromatic heterocycles. The highest BCUT2D eigenvalue weighted by Crippen LogP contribution is 2.59. The molecule has 31 heavy (non-hydrogen) atoms. The predicted octanol–water partition coefficient (Wildman–Crippen LogP) is 5.11. The molecule has 0 N–H and O–H groups in total. The molecule has 1 spiro atoms. The third kappa shape index (κ3) is 4.27. The van der Waals surface area contributed by atoms with Crippen LogP contribution in [0.3, 0.4) is 0 Å². The van der Waals surface area contributed by atoms with Crippen LogP contribution in [0.15, 0.2) is 60.7 Å². The topological polar surface area (TPSA) is 74.3 Å². The number of rotatable bonds is 7. The summed E-state index contributed by atoms with van der Waals surface area (Å²) in [7, 11) is -4.21. The van der Waals surface area contributed by atoms with Crippen molar-refractivity contribution in [3.8, 4) is 11.5 Å². The zero-order chi connectivity index (χ0) is 21.9. The number of nitrogens with zero attached hydrogens (tertiary/aromatic N) is 1. The van der Waals surface area contributed by atoms with Crippen LogP contribution < -0.4 is 9.05 Å². The summed E-state index contributed by atoms with van der Waals surface area (Å²) in [5.74, 6) is 0.0805. The summed E-state index contributed by atoms with van der Waals surface area (Å²) in [5, 5.41) is -0.0878. The molecule has 4 rings (SSSR count). The van der Waals surface area contributed by atoms with Crippen molar-refractivity contribution in [3.05, 3.63) is 60.7 Å². The smallest absolute Gasteiger partial charge is 0.464 e. The number of benzene rings is 2. The van der Waals surface area contributed by atoms with Crippen molar-refractivity contribution < 1.29 is 27.9 Å². The van der Waals surface area contributed by atoms with Gasteiger partial charge in [0, 0.05) is 0 Å². The van der Waals surface area contributed by atoms with Crippen molar-refractivity contribution in [3.63, 3.8) is 0 Å². The molecule has 1 aliphatic carbocycles. The largest absolute Gasteiger partial charge is 0.548 e. The summed E-state index contributed by atoms with van der Waals surface area (Å²) >= 11 is 5.47. The maximum Gasteiger partial charge on any atom is 0.548 e. The van der Waals surface area contributed by atoms with Gasteiger partial charge in [0.15, 0.2) is 6.04 Å². The minimum Gasteiger partial charge on any atom is -0.464 e. The van der Waals surface area contributed by atoms with Crippen molar-refractivity contribution >= 4 is 31.1 Å². The third-order valence-electron chi connectivity index (χ3n) is 5.37. The van der Waals surface area contributed by atoms with Gasteiger partial charge in [-0.25, -0.2) is 14.0 Å². The quantitative estimate of drug-likeness (QED) is 0.320. The number of hydrogen-bond donors (Lipinski definition) is 0. The van der Waals surface area contributed by atoms with Gasteiger partial charge in [-0.3, -0.25) is 0 Å². The summed E-state index contributed by atoms with van der Waals surface area (Å²) < 4.78 is 38.7. The van der Waals surface area contributed by atoms with E-state index < -0.39 is 25.4 Å². The molecule has 1 saturated carbocycles. The lowest BCUT2D eigenvalue weighted by Gasteiger charge is -2.33. The summed E-state index contributed by atoms with van der Waals surface area (Å²) in [6.45, 7) is 1.90. The van der Waals surface area contributed by atoms with Crippen molar-refractivity contribution in [2.45, 2.75) is 44.2 Å². The van der Waals surface area contributed by atoms with Gasteiger partial charge in [-0.05, 0) is 69.1 Å². The average molecular weight is 461 g/mol. The standard InChI is InChI=1S/C22H24NO6PS/c1-2-26-20(24)19-22(15-9-10-16-22)27-21(31)23(19)30(25,28-17-11-5-3-6-12-17)29-18-13-7-4-8-14-18/h3-8,11-14,19H,2,9-10,15-16H2,1H3. The lowest BCUT2D eigenvalue weighted by molar-refractivity contribution is -0.151. The second kappa shape index (κ2) is 8.89. The fraction of sp³-hybridized carbons (Fsp3) is 0.364. The van der Waals surface area contributed by atoms with Crippen molar-refractivity contribution in [1.29, 1.82) is 0 Å². The van der Waals surface area contributed by atoms with Gasteiger partial charge in [0.2, 0.25) is 0 Å². The Morgan fingerprint density at radius 1 is 1.06 bits per heavy atom. The molecule has 7 nitrogen and oxygen atoms in total. The minimum absolute atomic E-state index is 0.0878. The van der Waals surface area contributed by atoms with E-state index in [2.05, 4.69) is 0 Å². The number of ether oxygens (including phenoxy) is 2. The van der Waals surface area contributed by atoms with Gasteiger partial charge in [-0.15, -0.1) is 0 Å². The molecular weight excluding hydrogens is 437 g/mol. The maximum atomic E-state index is 14.3. The second-order valence-electron chi connectivity index (χ2n) is 7.42. The molecule has 1 heterocycles. The molecule has 2 aliphatic rings. The molecule has 0 radical (unpaired) electrons. The Morgan fingerprint density at radius 2 is 1.58 bits per heavy atom. The Labute approximate surface area is 186 Å². The molecule has 164 valence electrons. The van der Waals surface area contributed by atoms with Crippen molar-refractivity contribution in [2.75, 3.05) is 6.61 Å². The van der Waals surface area contributed by atoms with E-state index in [1.807, 2.05) is 12.1 Å². The minimum atomic E-state index is -4.21. The van der Waals surface area contributed by atoms with Crippen LogP contribution in [0.25, 0.3) is 0 Å². The van der Waals surface area contributed by atoms with E-state index in [1.54, 1.807) is 55.5 Å². The normalized spacial score (nSPS) is 19.8. The number of carbonyl (C=O) groups is 1. The van der Waals surface area contributed by atoms with Crippen LogP contribution in [0.4, 0.5) is 0 Å². The molecule has 2 aromatic rings. The lowest BCUT2D eigenvalue weighted by atomic mass is 9.93. The van der Waals surface area contributed by atoms with E-state index >= 15 is 0 Å². The lowest BCUT2D eigenvalue weighted by Crippen LogP contribution is -2.49. The first-order chi connectivity index (χ1) is 15.0. The molecule has 2 aromatic carbocycles. The highest BCUT2D eigenvalue weighted by atomic mass is 32.1. The maximum absolute atomic E-state index is 14.3. The van der Waals surface area contributed by atoms with Gasteiger partial charge in [-0.1, -0.05) is 36.4 Å². The van der Waals surface area contributed by atoms with E-state index in [1.165, 1.54) is 4.67 Å². The summed E-state index contributed by atoms with van der Waals surface area (Å²) in [6.07, 6.45) is 2.94. The Hall–Kier alpha value is -2.57. The van der Waals surface area contributed by atoms with Gasteiger partial charge in [0.25, 0.3) is 5.17 Å². The van der Waals surface area contributed by atoms with Gasteiger partial charge < -0.3 is 18.5 Å². The Kier molecular flexibility index (Phi) is 6.21. The molecule has 0 amide bonds. The molecular formula is C22H24NO6PS. The number of carbonyl (C=O) groups excluding carboxylic acids is 1. The second-order valence-corrected chi connectivity index (χ2v) is 9.50. The van der Waals surface area contributed by atoms with Crippen LogP contribution in [0.5, 0.6) is 11.5 Å². The fourth-order valence-electron chi connectivity index (χ4n) is 4.07. The van der Waals surface area contributed by atoms with Crippen LogP contribution in [-0.2, 0) is 18.8 Å². The molecule has 2 fully saturated rings. The average Bonchev–Trinajstić information content (AvgIpc) is 3.33. The number of esters is 1. The van der Waals surface area contributed by atoms with Crippen LogP contribution in [0.1, 0.15) is 32.6 Å². The fourth-order valence-corrected chi connectivity index (χ4v) is 6.46. The predicted molar refractivity (Wildman–Crippen MR) is 119 cm³/mol. The molecule has 1 aliphatic heterocycles. The van der Waals surface area contributed by atoms with Crippen LogP contribution >= 0.6 is 20.0 Å². The van der Waals surface area contributed by atoms with Gasteiger partial charge in [0.05, 0.1) is 6.61 Å². The monoisotopic (exact) mass is 461 g/mol. The first kappa shape index (κ1) is 21.7. The first-order valence-corrected chi connectivity index (χ1v) is 12.2. The molecule has 1 unspecified atom stereocenters. The summed E-state index contributed by atoms with van der Waals surface area (Å²) in [5.41, 5.74) is -0.904. The highest BCUT2D eigenvalue weighted by molar-refractivity contribution is 7.80. The third-order valence-corrected chi connectivity index (χ3v) is 7.61. The van der Waals surface area contributed by atoms with Crippen LogP contribution in [-0.4, -0.2) is 34.1 Å². The van der Waals surface area contributed by atoms with E-state index in [-0.39, 0.29) is 11.8 Å². The van der Waals surface area contributed by atoms with E-state index in [0.717, 1.165) is 12.8 Å². The van der Waals surface area contributed by atoms with Crippen LogP contribution in [0.2, 0.25) is 0 Å². The number of thiocarbonyl (C=S) groups is 1. The van der Waals surface area contributed by atoms with Crippen molar-refractivity contribution in [1.82, 2.24) is 4.67 Å². The van der Waals surface area contributed by atoms with E-state index in [9.17, 15) is 9.36 Å². The highest BCUT2D eigenvalue weighted by Gasteiger charge is 2.64. The molecule has 9 heteroatoms. The molecule has 1 atom stereocenters. The van der Waals surface area contributed by atoms with Gasteiger partial charge in [0.1, 0.15) is 17.1 Å².